The van der Waals surface area contributed by atoms with Crippen LogP contribution in [0.1, 0.15) is 5.69 Å². The highest BCUT2D eigenvalue weighted by molar-refractivity contribution is 14.1. The van der Waals surface area contributed by atoms with Gasteiger partial charge in [-0.05, 0) is 41.6 Å². The summed E-state index contributed by atoms with van der Waals surface area (Å²) in [5, 5.41) is 0. The van der Waals surface area contributed by atoms with Crippen LogP contribution in [0.5, 0.6) is 0 Å². The molecule has 0 aliphatic heterocycles. The minimum absolute atomic E-state index is 0.893. The third-order valence-corrected chi connectivity index (χ3v) is 2.23. The van der Waals surface area contributed by atoms with Gasteiger partial charge in [0, 0.05) is 0 Å². The van der Waals surface area contributed by atoms with Gasteiger partial charge < -0.3 is 0 Å². The largest absolute Gasteiger partial charge is 0.239 e. The van der Waals surface area contributed by atoms with E-state index in [0.717, 1.165) is 20.4 Å². The summed E-state index contributed by atoms with van der Waals surface area (Å²) < 4.78 is 0.970. The molecule has 2 heterocycles. The molecule has 0 amide bonds. The first-order chi connectivity index (χ1) is 5.77. The van der Waals surface area contributed by atoms with Crippen LogP contribution in [-0.2, 0) is 0 Å². The van der Waals surface area contributed by atoms with E-state index < -0.39 is 0 Å². The number of hydrogen-bond acceptors (Lipinski definition) is 3. The fourth-order valence-corrected chi connectivity index (χ4v) is 1.46. The van der Waals surface area contributed by atoms with Crippen LogP contribution in [0.15, 0.2) is 18.5 Å². The van der Waals surface area contributed by atoms with Crippen molar-refractivity contribution in [3.05, 3.63) is 27.9 Å². The summed E-state index contributed by atoms with van der Waals surface area (Å²) in [7, 11) is 0. The van der Waals surface area contributed by atoms with E-state index >= 15 is 0 Å². The highest BCUT2D eigenvalue weighted by Crippen LogP contribution is 2.12. The van der Waals surface area contributed by atoms with Crippen LogP contribution in [0.3, 0.4) is 0 Å². The van der Waals surface area contributed by atoms with Gasteiger partial charge in [-0.3, -0.25) is 0 Å². The van der Waals surface area contributed by atoms with Crippen LogP contribution < -0.4 is 0 Å². The third-order valence-electron chi connectivity index (χ3n) is 1.63. The normalized spacial score (nSPS) is 10.5. The number of rotatable bonds is 0. The average Bonchev–Trinajstić information content (AvgIpc) is 2.07. The van der Waals surface area contributed by atoms with Crippen LogP contribution in [0, 0.1) is 10.6 Å². The molecule has 12 heavy (non-hydrogen) atoms. The van der Waals surface area contributed by atoms with Gasteiger partial charge in [0.25, 0.3) is 0 Å². The number of fused-ring (bicyclic) bond motifs is 1. The molecule has 0 unspecified atom stereocenters. The van der Waals surface area contributed by atoms with Gasteiger partial charge in [0.15, 0.2) is 0 Å². The quantitative estimate of drug-likeness (QED) is 0.543. The van der Waals surface area contributed by atoms with Crippen LogP contribution >= 0.6 is 22.6 Å². The molecule has 0 aliphatic rings. The van der Waals surface area contributed by atoms with Gasteiger partial charge in [0.2, 0.25) is 0 Å². The summed E-state index contributed by atoms with van der Waals surface area (Å²) in [6.07, 6.45) is 1.56. The lowest BCUT2D eigenvalue weighted by molar-refractivity contribution is 1.12. The number of pyridine rings is 1. The average molecular weight is 271 g/mol. The Labute approximate surface area is 83.4 Å². The molecule has 0 atom stereocenters. The molecular formula is C8H6IN3. The molecule has 0 saturated heterocycles. The summed E-state index contributed by atoms with van der Waals surface area (Å²) in [5.41, 5.74) is 2.73. The van der Waals surface area contributed by atoms with E-state index in [4.69, 9.17) is 0 Å². The molecule has 0 spiro atoms. The van der Waals surface area contributed by atoms with Crippen molar-refractivity contribution in [3.63, 3.8) is 0 Å². The standard InChI is InChI=1S/C8H6IN3/c1-5-8-6(11-4-10-5)2-3-7(9)12-8/h2-4H,1H3. The lowest BCUT2D eigenvalue weighted by atomic mass is 10.3. The zero-order chi connectivity index (χ0) is 8.55. The topological polar surface area (TPSA) is 38.7 Å². The molecule has 2 rings (SSSR count). The molecule has 3 nitrogen and oxygen atoms in total. The lowest BCUT2D eigenvalue weighted by Crippen LogP contribution is -1.91. The van der Waals surface area contributed by atoms with E-state index in [1.54, 1.807) is 6.33 Å². The van der Waals surface area contributed by atoms with Crippen LogP contribution in [0.4, 0.5) is 0 Å². The molecule has 4 heteroatoms. The van der Waals surface area contributed by atoms with Gasteiger partial charge in [-0.2, -0.15) is 0 Å². The van der Waals surface area contributed by atoms with Crippen molar-refractivity contribution in [2.24, 2.45) is 0 Å². The maximum atomic E-state index is 4.34. The Balaban J connectivity index is 2.88. The van der Waals surface area contributed by atoms with Gasteiger partial charge in [0.1, 0.15) is 15.5 Å². The van der Waals surface area contributed by atoms with Gasteiger partial charge in [-0.1, -0.05) is 0 Å². The number of aryl methyl sites for hydroxylation is 1. The monoisotopic (exact) mass is 271 g/mol. The van der Waals surface area contributed by atoms with Crippen molar-refractivity contribution < 1.29 is 0 Å². The van der Waals surface area contributed by atoms with E-state index in [2.05, 4.69) is 37.5 Å². The number of aromatic nitrogens is 3. The smallest absolute Gasteiger partial charge is 0.116 e. The zero-order valence-corrected chi connectivity index (χ0v) is 8.61. The Bertz CT molecular complexity index is 428. The second-order valence-corrected chi connectivity index (χ2v) is 3.57. The van der Waals surface area contributed by atoms with Gasteiger partial charge in [0.05, 0.1) is 11.2 Å². The van der Waals surface area contributed by atoms with Gasteiger partial charge >= 0.3 is 0 Å². The molecule has 0 radical (unpaired) electrons. The highest BCUT2D eigenvalue weighted by atomic mass is 127. The molecular weight excluding hydrogens is 265 g/mol. The molecule has 0 aromatic carbocycles. The summed E-state index contributed by atoms with van der Waals surface area (Å²) in [4.78, 5) is 12.5. The van der Waals surface area contributed by atoms with Crippen molar-refractivity contribution in [1.29, 1.82) is 0 Å². The molecule has 0 saturated carbocycles. The van der Waals surface area contributed by atoms with Crippen molar-refractivity contribution in [3.8, 4) is 0 Å². The molecule has 0 aliphatic carbocycles. The fourth-order valence-electron chi connectivity index (χ4n) is 1.04. The van der Waals surface area contributed by atoms with Gasteiger partial charge in [-0.25, -0.2) is 15.0 Å². The summed E-state index contributed by atoms with van der Waals surface area (Å²) in [6, 6.07) is 3.90. The lowest BCUT2D eigenvalue weighted by Gasteiger charge is -1.98. The van der Waals surface area contributed by atoms with E-state index in [1.165, 1.54) is 0 Å². The van der Waals surface area contributed by atoms with Crippen LogP contribution in [0.25, 0.3) is 11.0 Å². The number of hydrogen-bond donors (Lipinski definition) is 0. The fraction of sp³-hybridized carbons (Fsp3) is 0.125. The number of halogens is 1. The zero-order valence-electron chi connectivity index (χ0n) is 6.45. The van der Waals surface area contributed by atoms with E-state index in [-0.39, 0.29) is 0 Å². The van der Waals surface area contributed by atoms with Crippen molar-refractivity contribution in [2.75, 3.05) is 0 Å². The summed E-state index contributed by atoms with van der Waals surface area (Å²) in [6.45, 7) is 1.94. The van der Waals surface area contributed by atoms with E-state index in [0.29, 0.717) is 0 Å². The first kappa shape index (κ1) is 7.85. The SMILES string of the molecule is Cc1ncnc2ccc(I)nc12. The maximum absolute atomic E-state index is 4.34. The molecule has 0 N–H and O–H groups in total. The minimum Gasteiger partial charge on any atom is -0.239 e. The van der Waals surface area contributed by atoms with Gasteiger partial charge in [-0.15, -0.1) is 0 Å². The number of nitrogens with zero attached hydrogens (tertiary/aromatic N) is 3. The molecule has 0 bridgehead atoms. The van der Waals surface area contributed by atoms with Crippen LogP contribution in [0.2, 0.25) is 0 Å². The Hall–Kier alpha value is -0.780. The Kier molecular flexibility index (Phi) is 1.92. The Morgan fingerprint density at radius 1 is 1.25 bits per heavy atom. The third kappa shape index (κ3) is 1.26. The minimum atomic E-state index is 0.893. The first-order valence-electron chi connectivity index (χ1n) is 3.51. The molecule has 0 fully saturated rings. The van der Waals surface area contributed by atoms with Crippen molar-refractivity contribution in [1.82, 2.24) is 15.0 Å². The Morgan fingerprint density at radius 3 is 2.92 bits per heavy atom. The highest BCUT2D eigenvalue weighted by Gasteiger charge is 1.99. The predicted octanol–water partition coefficient (Wildman–Crippen LogP) is 1.94. The maximum Gasteiger partial charge on any atom is 0.116 e. The molecule has 2 aromatic heterocycles. The second-order valence-electron chi connectivity index (χ2n) is 2.46. The summed E-state index contributed by atoms with van der Waals surface area (Å²) in [5.74, 6) is 0. The molecule has 60 valence electrons. The van der Waals surface area contributed by atoms with E-state index in [9.17, 15) is 0 Å². The van der Waals surface area contributed by atoms with E-state index in [1.807, 2.05) is 19.1 Å². The molecule has 2 aromatic rings. The van der Waals surface area contributed by atoms with Crippen molar-refractivity contribution >= 4 is 33.6 Å². The van der Waals surface area contributed by atoms with Crippen LogP contribution in [-0.4, -0.2) is 15.0 Å². The predicted molar refractivity (Wildman–Crippen MR) is 54.8 cm³/mol. The second kappa shape index (κ2) is 2.93. The van der Waals surface area contributed by atoms with Crippen molar-refractivity contribution in [2.45, 2.75) is 6.92 Å². The Morgan fingerprint density at radius 2 is 2.08 bits per heavy atom. The first-order valence-corrected chi connectivity index (χ1v) is 4.59. The summed E-state index contributed by atoms with van der Waals surface area (Å²) >= 11 is 2.18.